The summed E-state index contributed by atoms with van der Waals surface area (Å²) in [5, 5.41) is 0. The van der Waals surface area contributed by atoms with E-state index >= 15 is 0 Å². The van der Waals surface area contributed by atoms with Crippen LogP contribution in [0.15, 0.2) is 30.3 Å². The topological polar surface area (TPSA) is 38.8 Å². The van der Waals surface area contributed by atoms with Gasteiger partial charge < -0.3 is 9.47 Å². The van der Waals surface area contributed by atoms with Gasteiger partial charge in [-0.2, -0.15) is 0 Å². The molecule has 5 aliphatic rings. The van der Waals surface area contributed by atoms with E-state index in [1.165, 1.54) is 51.4 Å². The predicted octanol–water partition coefficient (Wildman–Crippen LogP) is 8.46. The van der Waals surface area contributed by atoms with E-state index in [1.807, 2.05) is 30.3 Å². The SMILES string of the molecule is CC(C)CCCC(C)C1CCC2C3CC4OC45CC(OC(=O)c4ccccc4)CCC5(C)C3CCC12C. The molecule has 10 atom stereocenters. The number of benzene rings is 1. The molecular formula is C34H50O3. The van der Waals surface area contributed by atoms with Gasteiger partial charge in [-0.3, -0.25) is 0 Å². The average molecular weight is 507 g/mol. The molecule has 0 aromatic heterocycles. The lowest BCUT2D eigenvalue weighted by molar-refractivity contribution is -0.118. The van der Waals surface area contributed by atoms with Gasteiger partial charge in [0.1, 0.15) is 11.7 Å². The molecule has 0 N–H and O–H groups in total. The molecule has 0 bridgehead atoms. The van der Waals surface area contributed by atoms with Crippen LogP contribution in [-0.4, -0.2) is 23.8 Å². The number of carbonyl (C=O) groups excluding carboxylic acids is 1. The zero-order valence-electron chi connectivity index (χ0n) is 24.0. The number of epoxide rings is 1. The Bertz CT molecular complexity index is 988. The lowest BCUT2D eigenvalue weighted by Crippen LogP contribution is -2.59. The first-order chi connectivity index (χ1) is 17.7. The van der Waals surface area contributed by atoms with Gasteiger partial charge in [-0.25, -0.2) is 4.79 Å². The van der Waals surface area contributed by atoms with Crippen LogP contribution in [0.2, 0.25) is 0 Å². The maximum absolute atomic E-state index is 12.8. The zero-order valence-corrected chi connectivity index (χ0v) is 24.0. The zero-order chi connectivity index (χ0) is 26.0. The van der Waals surface area contributed by atoms with E-state index < -0.39 is 0 Å². The molecule has 1 aromatic rings. The van der Waals surface area contributed by atoms with E-state index in [9.17, 15) is 4.79 Å². The van der Waals surface area contributed by atoms with E-state index in [2.05, 4.69) is 34.6 Å². The molecule has 0 amide bonds. The normalized spacial score (nSPS) is 44.8. The first kappa shape index (κ1) is 25.9. The van der Waals surface area contributed by atoms with Gasteiger partial charge in [-0.15, -0.1) is 0 Å². The third-order valence-electron chi connectivity index (χ3n) is 12.5. The second-order valence-corrected chi connectivity index (χ2v) is 14.7. The summed E-state index contributed by atoms with van der Waals surface area (Å²) in [6.07, 6.45) is 14.5. The van der Waals surface area contributed by atoms with E-state index in [0.29, 0.717) is 17.1 Å². The molecule has 4 aliphatic carbocycles. The Morgan fingerprint density at radius 1 is 1.00 bits per heavy atom. The Kier molecular flexibility index (Phi) is 6.57. The Balaban J connectivity index is 1.14. The number of rotatable bonds is 7. The minimum Gasteiger partial charge on any atom is -0.459 e. The van der Waals surface area contributed by atoms with Gasteiger partial charge in [0.05, 0.1) is 11.7 Å². The highest BCUT2D eigenvalue weighted by molar-refractivity contribution is 5.89. The molecule has 37 heavy (non-hydrogen) atoms. The molecule has 3 heteroatoms. The molecule has 10 unspecified atom stereocenters. The second kappa shape index (κ2) is 9.39. The second-order valence-electron chi connectivity index (χ2n) is 14.7. The fraction of sp³-hybridized carbons (Fsp3) is 0.794. The van der Waals surface area contributed by atoms with Crippen LogP contribution in [0, 0.1) is 46.3 Å². The highest BCUT2D eigenvalue weighted by Gasteiger charge is 2.76. The summed E-state index contributed by atoms with van der Waals surface area (Å²) in [6, 6.07) is 9.47. The number of hydrogen-bond acceptors (Lipinski definition) is 3. The van der Waals surface area contributed by atoms with Crippen LogP contribution in [0.4, 0.5) is 0 Å². The number of esters is 1. The van der Waals surface area contributed by atoms with E-state index in [4.69, 9.17) is 9.47 Å². The van der Waals surface area contributed by atoms with Crippen LogP contribution >= 0.6 is 0 Å². The molecule has 0 radical (unpaired) electrons. The van der Waals surface area contributed by atoms with Gasteiger partial charge in [-0.1, -0.05) is 72.1 Å². The summed E-state index contributed by atoms with van der Waals surface area (Å²) in [7, 11) is 0. The number of fused-ring (bicyclic) bond motifs is 4. The van der Waals surface area contributed by atoms with Crippen molar-refractivity contribution in [3.8, 4) is 0 Å². The van der Waals surface area contributed by atoms with Gasteiger partial charge >= 0.3 is 5.97 Å². The number of hydrogen-bond donors (Lipinski definition) is 0. The largest absolute Gasteiger partial charge is 0.459 e. The van der Waals surface area contributed by atoms with Crippen LogP contribution in [0.3, 0.4) is 0 Å². The molecule has 4 saturated carbocycles. The highest BCUT2D eigenvalue weighted by Crippen LogP contribution is 2.74. The molecule has 1 heterocycles. The third kappa shape index (κ3) is 4.12. The molecule has 1 aromatic carbocycles. The quantitative estimate of drug-likeness (QED) is 0.275. The Labute approximate surface area is 225 Å². The van der Waals surface area contributed by atoms with E-state index in [0.717, 1.165) is 54.8 Å². The Hall–Kier alpha value is -1.35. The molecule has 6 rings (SSSR count). The first-order valence-electron chi connectivity index (χ1n) is 15.6. The minimum atomic E-state index is -0.176. The van der Waals surface area contributed by atoms with Crippen molar-refractivity contribution in [2.24, 2.45) is 46.3 Å². The minimum absolute atomic E-state index is 0.0151. The molecule has 1 saturated heterocycles. The summed E-state index contributed by atoms with van der Waals surface area (Å²) in [5.74, 6) is 4.87. The van der Waals surface area contributed by atoms with E-state index in [-0.39, 0.29) is 23.1 Å². The van der Waals surface area contributed by atoms with Crippen LogP contribution in [0.5, 0.6) is 0 Å². The smallest absolute Gasteiger partial charge is 0.338 e. The average Bonchev–Trinajstić information content (AvgIpc) is 3.45. The van der Waals surface area contributed by atoms with Crippen molar-refractivity contribution in [1.29, 1.82) is 0 Å². The van der Waals surface area contributed by atoms with Crippen molar-refractivity contribution in [3.63, 3.8) is 0 Å². The van der Waals surface area contributed by atoms with Gasteiger partial charge in [0.15, 0.2) is 0 Å². The number of ether oxygens (including phenoxy) is 2. The van der Waals surface area contributed by atoms with Crippen LogP contribution in [-0.2, 0) is 9.47 Å². The molecule has 1 spiro atoms. The maximum atomic E-state index is 12.8. The van der Waals surface area contributed by atoms with E-state index in [1.54, 1.807) is 0 Å². The fourth-order valence-corrected chi connectivity index (χ4v) is 10.6. The summed E-state index contributed by atoms with van der Waals surface area (Å²) in [6.45, 7) is 12.5. The monoisotopic (exact) mass is 506 g/mol. The van der Waals surface area contributed by atoms with Crippen molar-refractivity contribution in [2.45, 2.75) is 123 Å². The molecule has 3 nitrogen and oxygen atoms in total. The fourth-order valence-electron chi connectivity index (χ4n) is 10.6. The summed E-state index contributed by atoms with van der Waals surface area (Å²) in [4.78, 5) is 12.8. The van der Waals surface area contributed by atoms with Gasteiger partial charge in [0.25, 0.3) is 0 Å². The standard InChI is InChI=1S/C34H50O3/c1-22(2)10-9-11-23(3)27-14-15-28-26-20-30-34(37-30)21-25(36-31(35)24-12-7-6-8-13-24)16-19-33(34,5)29(26)17-18-32(27,28)4/h6-8,12-13,22-23,25-30H,9-11,14-21H2,1-5H3. The van der Waals surface area contributed by atoms with Gasteiger partial charge in [-0.05, 0) is 98.0 Å². The lowest BCUT2D eigenvalue weighted by Gasteiger charge is -2.59. The van der Waals surface area contributed by atoms with Crippen LogP contribution in [0.25, 0.3) is 0 Å². The van der Waals surface area contributed by atoms with Crippen molar-refractivity contribution in [3.05, 3.63) is 35.9 Å². The predicted molar refractivity (Wildman–Crippen MR) is 148 cm³/mol. The highest BCUT2D eigenvalue weighted by atomic mass is 16.6. The molecule has 5 fully saturated rings. The number of carbonyl (C=O) groups is 1. The van der Waals surface area contributed by atoms with Crippen molar-refractivity contribution in [1.82, 2.24) is 0 Å². The first-order valence-corrected chi connectivity index (χ1v) is 15.6. The Morgan fingerprint density at radius 2 is 1.78 bits per heavy atom. The van der Waals surface area contributed by atoms with Crippen LogP contribution in [0.1, 0.15) is 116 Å². The Morgan fingerprint density at radius 3 is 2.54 bits per heavy atom. The molecule has 204 valence electrons. The summed E-state index contributed by atoms with van der Waals surface area (Å²) < 4.78 is 12.8. The van der Waals surface area contributed by atoms with Crippen molar-refractivity contribution in [2.75, 3.05) is 0 Å². The maximum Gasteiger partial charge on any atom is 0.338 e. The third-order valence-corrected chi connectivity index (χ3v) is 12.5. The summed E-state index contributed by atoms with van der Waals surface area (Å²) in [5.41, 5.74) is 1.36. The van der Waals surface area contributed by atoms with Gasteiger partial charge in [0, 0.05) is 11.8 Å². The summed E-state index contributed by atoms with van der Waals surface area (Å²) >= 11 is 0. The van der Waals surface area contributed by atoms with Crippen molar-refractivity contribution < 1.29 is 14.3 Å². The molecule has 1 aliphatic heterocycles. The van der Waals surface area contributed by atoms with Crippen LogP contribution < -0.4 is 0 Å². The lowest BCUT2D eigenvalue weighted by atomic mass is 9.44. The van der Waals surface area contributed by atoms with Gasteiger partial charge in [0.2, 0.25) is 0 Å². The molecular weight excluding hydrogens is 456 g/mol. The van der Waals surface area contributed by atoms with Crippen molar-refractivity contribution >= 4 is 5.97 Å².